The van der Waals surface area contributed by atoms with E-state index in [0.717, 1.165) is 54.9 Å². The number of hydrogen-bond donors (Lipinski definition) is 1. The first kappa shape index (κ1) is 18.9. The van der Waals surface area contributed by atoms with Crippen molar-refractivity contribution in [1.29, 1.82) is 0 Å². The molecule has 4 rings (SSSR count). The first-order valence-electron chi connectivity index (χ1n) is 9.39. The van der Waals surface area contributed by atoms with Crippen molar-refractivity contribution in [2.24, 2.45) is 0 Å². The van der Waals surface area contributed by atoms with Gasteiger partial charge >= 0.3 is 0 Å². The molecule has 0 bridgehead atoms. The van der Waals surface area contributed by atoms with E-state index in [2.05, 4.69) is 27.3 Å². The number of hydrogen-bond acceptors (Lipinski definition) is 6. The number of carbonyl (C=O) groups is 1. The van der Waals surface area contributed by atoms with E-state index >= 15 is 0 Å². The molecule has 0 saturated carbocycles. The number of aromatic nitrogens is 1. The molecule has 1 saturated heterocycles. The molecule has 7 heteroatoms. The highest BCUT2D eigenvalue weighted by molar-refractivity contribution is 7.13. The molecule has 3 heterocycles. The Morgan fingerprint density at radius 1 is 1.18 bits per heavy atom. The van der Waals surface area contributed by atoms with Crippen LogP contribution >= 0.6 is 11.3 Å². The second-order valence-corrected chi connectivity index (χ2v) is 7.64. The summed E-state index contributed by atoms with van der Waals surface area (Å²) in [6.45, 7) is 4.97. The van der Waals surface area contributed by atoms with Crippen LogP contribution in [-0.2, 0) is 29.0 Å². The van der Waals surface area contributed by atoms with Crippen molar-refractivity contribution in [3.63, 3.8) is 0 Å². The van der Waals surface area contributed by atoms with Crippen LogP contribution in [0.2, 0.25) is 0 Å². The predicted octanol–water partition coefficient (Wildman–Crippen LogP) is 3.09. The van der Waals surface area contributed by atoms with Gasteiger partial charge in [-0.05, 0) is 23.3 Å². The highest BCUT2D eigenvalue weighted by Crippen LogP contribution is 2.24. The number of furan rings is 1. The minimum Gasteiger partial charge on any atom is -0.462 e. The van der Waals surface area contributed by atoms with E-state index in [-0.39, 0.29) is 12.3 Å². The largest absolute Gasteiger partial charge is 0.462 e. The molecule has 1 amide bonds. The van der Waals surface area contributed by atoms with E-state index in [9.17, 15) is 4.79 Å². The number of thiazole rings is 1. The summed E-state index contributed by atoms with van der Waals surface area (Å²) in [6, 6.07) is 12.1. The molecule has 0 unspecified atom stereocenters. The van der Waals surface area contributed by atoms with Gasteiger partial charge in [0.25, 0.3) is 0 Å². The van der Waals surface area contributed by atoms with Crippen molar-refractivity contribution in [3.8, 4) is 10.8 Å². The normalized spacial score (nSPS) is 14.9. The molecule has 3 aromatic rings. The second kappa shape index (κ2) is 9.14. The minimum absolute atomic E-state index is 0.0325. The summed E-state index contributed by atoms with van der Waals surface area (Å²) >= 11 is 1.48. The number of nitrogens with zero attached hydrogens (tertiary/aromatic N) is 2. The van der Waals surface area contributed by atoms with Crippen molar-refractivity contribution >= 4 is 17.2 Å². The van der Waals surface area contributed by atoms with Gasteiger partial charge in [-0.2, -0.15) is 0 Å². The van der Waals surface area contributed by atoms with Gasteiger partial charge in [0.15, 0.2) is 10.8 Å². The third-order valence-corrected chi connectivity index (χ3v) is 5.52. The van der Waals surface area contributed by atoms with Crippen molar-refractivity contribution in [3.05, 3.63) is 64.9 Å². The maximum atomic E-state index is 12.3. The molecule has 0 aliphatic carbocycles. The molecule has 2 aromatic heterocycles. The zero-order chi connectivity index (χ0) is 19.2. The highest BCUT2D eigenvalue weighted by Gasteiger charge is 2.12. The van der Waals surface area contributed by atoms with Crippen LogP contribution in [0.5, 0.6) is 0 Å². The molecule has 1 aliphatic heterocycles. The maximum Gasteiger partial charge on any atom is 0.226 e. The Morgan fingerprint density at radius 2 is 2.04 bits per heavy atom. The first-order valence-corrected chi connectivity index (χ1v) is 10.3. The van der Waals surface area contributed by atoms with Crippen LogP contribution in [0.1, 0.15) is 16.8 Å². The fourth-order valence-electron chi connectivity index (χ4n) is 3.18. The lowest BCUT2D eigenvalue weighted by Crippen LogP contribution is -2.35. The van der Waals surface area contributed by atoms with Gasteiger partial charge in [0.2, 0.25) is 5.91 Å². The Labute approximate surface area is 168 Å². The number of morpholine rings is 1. The van der Waals surface area contributed by atoms with Crippen LogP contribution in [-0.4, -0.2) is 42.1 Å². The molecule has 146 valence electrons. The van der Waals surface area contributed by atoms with Crippen LogP contribution in [0.3, 0.4) is 0 Å². The zero-order valence-electron chi connectivity index (χ0n) is 15.6. The maximum absolute atomic E-state index is 12.3. The number of benzene rings is 1. The van der Waals surface area contributed by atoms with Crippen molar-refractivity contribution in [1.82, 2.24) is 15.2 Å². The topological polar surface area (TPSA) is 67.6 Å². The van der Waals surface area contributed by atoms with E-state index in [4.69, 9.17) is 9.15 Å². The fraction of sp³-hybridized carbons (Fsp3) is 0.333. The van der Waals surface area contributed by atoms with E-state index in [0.29, 0.717) is 6.54 Å². The van der Waals surface area contributed by atoms with Crippen molar-refractivity contribution in [2.75, 3.05) is 26.3 Å². The van der Waals surface area contributed by atoms with Crippen LogP contribution in [0.4, 0.5) is 0 Å². The van der Waals surface area contributed by atoms with Crippen LogP contribution in [0, 0.1) is 0 Å². The molecule has 1 aromatic carbocycles. The lowest BCUT2D eigenvalue weighted by molar-refractivity contribution is -0.120. The molecule has 1 aliphatic rings. The standard InChI is InChI=1S/C21H23N3O3S/c25-20(12-18-15-28-21(23-18)19-5-2-8-27-19)22-13-16-3-1-4-17(11-16)14-24-6-9-26-10-7-24/h1-5,8,11,15H,6-7,9-10,12-14H2,(H,22,25). The third-order valence-electron chi connectivity index (χ3n) is 4.62. The minimum atomic E-state index is -0.0325. The van der Waals surface area contributed by atoms with Crippen LogP contribution < -0.4 is 5.32 Å². The first-order chi connectivity index (χ1) is 13.8. The number of carbonyl (C=O) groups excluding carboxylic acids is 1. The molecule has 28 heavy (non-hydrogen) atoms. The Kier molecular flexibility index (Phi) is 6.16. The average Bonchev–Trinajstić information content (AvgIpc) is 3.39. The lowest BCUT2D eigenvalue weighted by atomic mass is 10.1. The smallest absolute Gasteiger partial charge is 0.226 e. The summed E-state index contributed by atoms with van der Waals surface area (Å²) in [5.41, 5.74) is 3.12. The van der Waals surface area contributed by atoms with Gasteiger partial charge in [-0.1, -0.05) is 24.3 Å². The summed E-state index contributed by atoms with van der Waals surface area (Å²) in [5, 5.41) is 5.69. The Hall–Kier alpha value is -2.48. The molecule has 0 atom stereocenters. The van der Waals surface area contributed by atoms with Gasteiger partial charge in [-0.3, -0.25) is 9.69 Å². The quantitative estimate of drug-likeness (QED) is 0.664. The van der Waals surface area contributed by atoms with Gasteiger partial charge in [0, 0.05) is 31.6 Å². The molecule has 0 spiro atoms. The molecule has 1 N–H and O–H groups in total. The number of rotatable bonds is 7. The Bertz CT molecular complexity index is 901. The Morgan fingerprint density at radius 3 is 2.86 bits per heavy atom. The van der Waals surface area contributed by atoms with Crippen molar-refractivity contribution in [2.45, 2.75) is 19.5 Å². The zero-order valence-corrected chi connectivity index (χ0v) is 16.4. The average molecular weight is 398 g/mol. The van der Waals surface area contributed by atoms with Gasteiger partial charge in [0.1, 0.15) is 0 Å². The van der Waals surface area contributed by atoms with Gasteiger partial charge in [0.05, 0.1) is 31.6 Å². The summed E-state index contributed by atoms with van der Waals surface area (Å²) in [6.07, 6.45) is 1.89. The van der Waals surface area contributed by atoms with Gasteiger partial charge < -0.3 is 14.5 Å². The van der Waals surface area contributed by atoms with Crippen molar-refractivity contribution < 1.29 is 13.9 Å². The van der Waals surface area contributed by atoms with E-state index in [1.165, 1.54) is 16.9 Å². The molecular formula is C21H23N3O3S. The van der Waals surface area contributed by atoms with E-state index in [1.54, 1.807) is 6.26 Å². The van der Waals surface area contributed by atoms with Crippen LogP contribution in [0.25, 0.3) is 10.8 Å². The fourth-order valence-corrected chi connectivity index (χ4v) is 3.97. The summed E-state index contributed by atoms with van der Waals surface area (Å²) in [7, 11) is 0. The van der Waals surface area contributed by atoms with Crippen LogP contribution in [0.15, 0.2) is 52.5 Å². The number of nitrogens with one attached hydrogen (secondary N) is 1. The number of amides is 1. The monoisotopic (exact) mass is 397 g/mol. The Balaban J connectivity index is 1.28. The van der Waals surface area contributed by atoms with Gasteiger partial charge in [-0.25, -0.2) is 4.98 Å². The summed E-state index contributed by atoms with van der Waals surface area (Å²) in [5.74, 6) is 0.698. The summed E-state index contributed by atoms with van der Waals surface area (Å²) in [4.78, 5) is 19.2. The van der Waals surface area contributed by atoms with E-state index in [1.807, 2.05) is 29.6 Å². The summed E-state index contributed by atoms with van der Waals surface area (Å²) < 4.78 is 10.7. The second-order valence-electron chi connectivity index (χ2n) is 6.78. The SMILES string of the molecule is O=C(Cc1csc(-c2ccco2)n1)NCc1cccc(CN2CCOCC2)c1. The molecule has 6 nitrogen and oxygen atoms in total. The molecule has 1 fully saturated rings. The van der Waals surface area contributed by atoms with Gasteiger partial charge in [-0.15, -0.1) is 11.3 Å². The lowest BCUT2D eigenvalue weighted by Gasteiger charge is -2.26. The number of ether oxygens (including phenoxy) is 1. The molecule has 0 radical (unpaired) electrons. The predicted molar refractivity (Wildman–Crippen MR) is 108 cm³/mol. The molecular weight excluding hydrogens is 374 g/mol. The third kappa shape index (κ3) is 5.07. The highest BCUT2D eigenvalue weighted by atomic mass is 32.1. The van der Waals surface area contributed by atoms with E-state index < -0.39 is 0 Å².